The molecular weight excluding hydrogens is 284 g/mol. The van der Waals surface area contributed by atoms with Crippen LogP contribution in [-0.2, 0) is 22.5 Å². The van der Waals surface area contributed by atoms with E-state index in [1.165, 1.54) is 10.4 Å². The van der Waals surface area contributed by atoms with Crippen LogP contribution in [0.3, 0.4) is 0 Å². The predicted molar refractivity (Wildman–Crippen MR) is 86.6 cm³/mol. The number of rotatable bonds is 8. The number of fused-ring (bicyclic) bond motifs is 1. The number of ether oxygens (including phenoxy) is 1. The lowest BCUT2D eigenvalue weighted by Gasteiger charge is -2.27. The number of thiophene rings is 1. The molecule has 0 atom stereocenters. The molecule has 0 spiro atoms. The van der Waals surface area contributed by atoms with Gasteiger partial charge in [-0.2, -0.15) is 0 Å². The Morgan fingerprint density at radius 1 is 1.48 bits per heavy atom. The number of amides is 1. The fraction of sp³-hybridized carbons (Fsp3) is 0.688. The maximum Gasteiger partial charge on any atom is 0.236 e. The van der Waals surface area contributed by atoms with Crippen molar-refractivity contribution in [1.82, 2.24) is 10.2 Å². The summed E-state index contributed by atoms with van der Waals surface area (Å²) in [7, 11) is 0. The quantitative estimate of drug-likeness (QED) is 0.750. The minimum absolute atomic E-state index is 0.213. The molecule has 2 heterocycles. The molecule has 0 bridgehead atoms. The lowest BCUT2D eigenvalue weighted by atomic mass is 10.1. The summed E-state index contributed by atoms with van der Waals surface area (Å²) in [4.78, 5) is 15.6. The van der Waals surface area contributed by atoms with Crippen molar-refractivity contribution in [3.8, 4) is 0 Å². The topological polar surface area (TPSA) is 41.6 Å². The maximum atomic E-state index is 12.2. The van der Waals surface area contributed by atoms with Crippen LogP contribution in [0.15, 0.2) is 11.4 Å². The van der Waals surface area contributed by atoms with E-state index < -0.39 is 0 Å². The van der Waals surface area contributed by atoms with Crippen LogP contribution in [0.5, 0.6) is 0 Å². The van der Waals surface area contributed by atoms with Crippen molar-refractivity contribution in [3.05, 3.63) is 21.9 Å². The van der Waals surface area contributed by atoms with Gasteiger partial charge in [0.25, 0.3) is 0 Å². The Bertz CT molecular complexity index is 445. The van der Waals surface area contributed by atoms with Crippen molar-refractivity contribution in [2.75, 3.05) is 26.2 Å². The van der Waals surface area contributed by atoms with Gasteiger partial charge in [-0.3, -0.25) is 4.79 Å². The molecule has 0 aromatic carbocycles. The monoisotopic (exact) mass is 310 g/mol. The zero-order valence-electron chi connectivity index (χ0n) is 13.1. The minimum atomic E-state index is 0.213. The summed E-state index contributed by atoms with van der Waals surface area (Å²) in [6.45, 7) is 7.87. The molecule has 0 saturated heterocycles. The van der Waals surface area contributed by atoms with Crippen LogP contribution in [0, 0.1) is 0 Å². The summed E-state index contributed by atoms with van der Waals surface area (Å²) in [6, 6.07) is 2.14. The smallest absolute Gasteiger partial charge is 0.236 e. The third kappa shape index (κ3) is 5.41. The van der Waals surface area contributed by atoms with Gasteiger partial charge in [-0.05, 0) is 56.7 Å². The Hall–Kier alpha value is -0.910. The summed E-state index contributed by atoms with van der Waals surface area (Å²) in [6.07, 6.45) is 3.40. The first-order valence-electron chi connectivity index (χ1n) is 7.82. The molecule has 118 valence electrons. The molecule has 1 N–H and O–H groups in total. The largest absolute Gasteiger partial charge is 0.379 e. The molecule has 0 unspecified atom stereocenters. The van der Waals surface area contributed by atoms with Crippen LogP contribution in [-0.4, -0.2) is 43.2 Å². The number of nitrogens with zero attached hydrogens (tertiary/aromatic N) is 1. The van der Waals surface area contributed by atoms with Crippen LogP contribution in [0.4, 0.5) is 0 Å². The Morgan fingerprint density at radius 3 is 3.14 bits per heavy atom. The zero-order valence-corrected chi connectivity index (χ0v) is 13.9. The molecule has 1 aliphatic rings. The summed E-state index contributed by atoms with van der Waals surface area (Å²) >= 11 is 1.80. The lowest BCUT2D eigenvalue weighted by molar-refractivity contribution is -0.131. The number of unbranched alkanes of at least 4 members (excludes halogenated alkanes) is 1. The molecular formula is C16H26N2O2S. The summed E-state index contributed by atoms with van der Waals surface area (Å²) < 4.78 is 5.49. The molecule has 1 aromatic rings. The molecule has 1 aromatic heterocycles. The normalized spacial score (nSPS) is 14.5. The van der Waals surface area contributed by atoms with Crippen LogP contribution in [0.1, 0.15) is 37.1 Å². The molecule has 1 aliphatic heterocycles. The van der Waals surface area contributed by atoms with Crippen molar-refractivity contribution in [1.29, 1.82) is 0 Å². The van der Waals surface area contributed by atoms with Crippen LogP contribution < -0.4 is 5.32 Å². The first-order valence-corrected chi connectivity index (χ1v) is 8.70. The van der Waals surface area contributed by atoms with E-state index in [2.05, 4.69) is 30.6 Å². The van der Waals surface area contributed by atoms with E-state index in [1.54, 1.807) is 11.3 Å². The molecule has 5 heteroatoms. The molecule has 0 radical (unpaired) electrons. The van der Waals surface area contributed by atoms with Crippen molar-refractivity contribution in [2.24, 2.45) is 0 Å². The van der Waals surface area contributed by atoms with Gasteiger partial charge in [-0.25, -0.2) is 0 Å². The highest BCUT2D eigenvalue weighted by Crippen LogP contribution is 2.23. The fourth-order valence-electron chi connectivity index (χ4n) is 2.44. The van der Waals surface area contributed by atoms with Gasteiger partial charge in [0, 0.05) is 24.6 Å². The molecule has 0 aliphatic carbocycles. The van der Waals surface area contributed by atoms with Crippen molar-refractivity contribution in [3.63, 3.8) is 0 Å². The molecule has 4 nitrogen and oxygen atoms in total. The zero-order chi connectivity index (χ0) is 15.1. The van der Waals surface area contributed by atoms with E-state index in [9.17, 15) is 4.79 Å². The molecule has 1 amide bonds. The van der Waals surface area contributed by atoms with E-state index in [0.29, 0.717) is 12.6 Å². The third-order valence-electron chi connectivity index (χ3n) is 3.64. The first-order chi connectivity index (χ1) is 10.2. The third-order valence-corrected chi connectivity index (χ3v) is 4.66. The van der Waals surface area contributed by atoms with Gasteiger partial charge in [0.05, 0.1) is 12.6 Å². The standard InChI is InChI=1S/C16H26N2O2S/c1-13(2)20-9-4-3-7-17-11-16(19)18-8-5-15-14(12-18)6-10-21-15/h6,10,13,17H,3-5,7-9,11-12H2,1-2H3. The second-order valence-corrected chi connectivity index (χ2v) is 6.74. The van der Waals surface area contributed by atoms with Crippen LogP contribution >= 0.6 is 11.3 Å². The Morgan fingerprint density at radius 2 is 2.33 bits per heavy atom. The second kappa shape index (κ2) is 8.51. The van der Waals surface area contributed by atoms with Gasteiger partial charge in [-0.1, -0.05) is 0 Å². The SMILES string of the molecule is CC(C)OCCCCNCC(=O)N1CCc2sccc2C1. The molecule has 0 saturated carbocycles. The number of carbonyl (C=O) groups is 1. The van der Waals surface area contributed by atoms with Crippen LogP contribution in [0.25, 0.3) is 0 Å². The van der Waals surface area contributed by atoms with Crippen molar-refractivity contribution < 1.29 is 9.53 Å². The first kappa shape index (κ1) is 16.5. The molecule has 2 rings (SSSR count). The van der Waals surface area contributed by atoms with Crippen molar-refractivity contribution in [2.45, 2.75) is 45.8 Å². The highest BCUT2D eigenvalue weighted by Gasteiger charge is 2.20. The highest BCUT2D eigenvalue weighted by molar-refractivity contribution is 7.10. The Balaban J connectivity index is 1.56. The van der Waals surface area contributed by atoms with Gasteiger partial charge in [-0.15, -0.1) is 11.3 Å². The minimum Gasteiger partial charge on any atom is -0.379 e. The van der Waals surface area contributed by atoms with E-state index in [1.807, 2.05) is 4.90 Å². The van der Waals surface area contributed by atoms with E-state index in [0.717, 1.165) is 45.5 Å². The van der Waals surface area contributed by atoms with Gasteiger partial charge >= 0.3 is 0 Å². The molecule has 0 fully saturated rings. The summed E-state index contributed by atoms with van der Waals surface area (Å²) in [5.41, 5.74) is 1.32. The Kier molecular flexibility index (Phi) is 6.67. The van der Waals surface area contributed by atoms with Crippen LogP contribution in [0.2, 0.25) is 0 Å². The maximum absolute atomic E-state index is 12.2. The number of hydrogen-bond donors (Lipinski definition) is 1. The highest BCUT2D eigenvalue weighted by atomic mass is 32.1. The average molecular weight is 310 g/mol. The lowest BCUT2D eigenvalue weighted by Crippen LogP contribution is -2.41. The van der Waals surface area contributed by atoms with Gasteiger partial charge in [0.1, 0.15) is 0 Å². The number of nitrogens with one attached hydrogen (secondary N) is 1. The fourth-order valence-corrected chi connectivity index (χ4v) is 3.33. The van der Waals surface area contributed by atoms with E-state index in [4.69, 9.17) is 4.74 Å². The predicted octanol–water partition coefficient (Wildman–Crippen LogP) is 2.43. The summed E-state index contributed by atoms with van der Waals surface area (Å²) in [5.74, 6) is 0.213. The molecule has 21 heavy (non-hydrogen) atoms. The average Bonchev–Trinajstić information content (AvgIpc) is 2.93. The second-order valence-electron chi connectivity index (χ2n) is 5.74. The summed E-state index contributed by atoms with van der Waals surface area (Å²) in [5, 5.41) is 5.37. The number of carbonyl (C=O) groups excluding carboxylic acids is 1. The van der Waals surface area contributed by atoms with Gasteiger partial charge in [0.15, 0.2) is 0 Å². The van der Waals surface area contributed by atoms with E-state index >= 15 is 0 Å². The van der Waals surface area contributed by atoms with Gasteiger partial charge in [0.2, 0.25) is 5.91 Å². The van der Waals surface area contributed by atoms with Gasteiger partial charge < -0.3 is 15.0 Å². The number of hydrogen-bond acceptors (Lipinski definition) is 4. The Labute approximate surface area is 131 Å². The van der Waals surface area contributed by atoms with Crippen molar-refractivity contribution >= 4 is 17.2 Å². The van der Waals surface area contributed by atoms with E-state index in [-0.39, 0.29) is 5.91 Å².